The number of pyridine rings is 1. The molecule has 0 aliphatic carbocycles. The molecule has 0 saturated carbocycles. The molecule has 2 N–H and O–H groups in total. The van der Waals surface area contributed by atoms with Crippen LogP contribution in [-0.4, -0.2) is 21.0 Å². The third kappa shape index (κ3) is 2.32. The van der Waals surface area contributed by atoms with Crippen LogP contribution in [0.1, 0.15) is 24.1 Å². The number of benzene rings is 1. The van der Waals surface area contributed by atoms with Crippen LogP contribution in [0.3, 0.4) is 0 Å². The molecule has 0 radical (unpaired) electrons. The molecule has 92 valence electrons. The van der Waals surface area contributed by atoms with Crippen LogP contribution in [0.5, 0.6) is 11.5 Å². The summed E-state index contributed by atoms with van der Waals surface area (Å²) in [4.78, 5) is 15.9. The van der Waals surface area contributed by atoms with E-state index in [4.69, 9.17) is 0 Å². The Labute approximate surface area is 105 Å². The van der Waals surface area contributed by atoms with Gasteiger partial charge in [0.2, 0.25) is 0 Å². The third-order valence-corrected chi connectivity index (χ3v) is 2.72. The number of phenols is 2. The van der Waals surface area contributed by atoms with Gasteiger partial charge in [-0.3, -0.25) is 9.78 Å². The summed E-state index contributed by atoms with van der Waals surface area (Å²) >= 11 is 0. The molecule has 18 heavy (non-hydrogen) atoms. The molecule has 0 aliphatic heterocycles. The van der Waals surface area contributed by atoms with Crippen molar-refractivity contribution in [2.45, 2.75) is 12.8 Å². The summed E-state index contributed by atoms with van der Waals surface area (Å²) in [7, 11) is 0. The number of rotatable bonds is 3. The van der Waals surface area contributed by atoms with Gasteiger partial charge >= 0.3 is 0 Å². The molecular formula is C14H13NO3. The van der Waals surface area contributed by atoms with E-state index >= 15 is 0 Å². The second kappa shape index (κ2) is 4.87. The van der Waals surface area contributed by atoms with Gasteiger partial charge in [0, 0.05) is 17.8 Å². The SMILES string of the molecule is CC(=O)C(c1ccccn1)c1ccc(O)cc1O. The van der Waals surface area contributed by atoms with Crippen molar-refractivity contribution in [1.82, 2.24) is 4.98 Å². The predicted molar refractivity (Wildman–Crippen MR) is 66.5 cm³/mol. The average molecular weight is 243 g/mol. The molecule has 2 rings (SSSR count). The van der Waals surface area contributed by atoms with Gasteiger partial charge in [0.05, 0.1) is 11.6 Å². The van der Waals surface area contributed by atoms with E-state index in [2.05, 4.69) is 4.98 Å². The van der Waals surface area contributed by atoms with Crippen molar-refractivity contribution in [1.29, 1.82) is 0 Å². The van der Waals surface area contributed by atoms with E-state index in [9.17, 15) is 15.0 Å². The summed E-state index contributed by atoms with van der Waals surface area (Å²) in [5.74, 6) is -0.887. The second-order valence-corrected chi connectivity index (χ2v) is 4.04. The van der Waals surface area contributed by atoms with E-state index in [0.29, 0.717) is 11.3 Å². The van der Waals surface area contributed by atoms with Crippen LogP contribution in [-0.2, 0) is 4.79 Å². The molecule has 1 atom stereocenters. The van der Waals surface area contributed by atoms with Gasteiger partial charge in [0.15, 0.2) is 0 Å². The van der Waals surface area contributed by atoms with Crippen molar-refractivity contribution in [3.63, 3.8) is 0 Å². The first-order chi connectivity index (χ1) is 8.59. The van der Waals surface area contributed by atoms with E-state index < -0.39 is 5.92 Å². The molecular weight excluding hydrogens is 230 g/mol. The van der Waals surface area contributed by atoms with Gasteiger partial charge in [-0.2, -0.15) is 0 Å². The zero-order valence-corrected chi connectivity index (χ0v) is 9.87. The van der Waals surface area contributed by atoms with Crippen LogP contribution >= 0.6 is 0 Å². The number of ketones is 1. The molecule has 4 nitrogen and oxygen atoms in total. The normalized spacial score (nSPS) is 12.1. The number of aromatic hydroxyl groups is 2. The standard InChI is InChI=1S/C14H13NO3/c1-9(16)14(12-4-2-3-7-15-12)11-6-5-10(17)8-13(11)18/h2-8,14,17-18H,1H3. The minimum absolute atomic E-state index is 0.0421. The molecule has 0 amide bonds. The minimum atomic E-state index is -0.619. The maximum absolute atomic E-state index is 11.8. The van der Waals surface area contributed by atoms with Crippen molar-refractivity contribution in [3.8, 4) is 11.5 Å². The van der Waals surface area contributed by atoms with Gasteiger partial charge in [-0.15, -0.1) is 0 Å². The van der Waals surface area contributed by atoms with Crippen molar-refractivity contribution in [3.05, 3.63) is 53.9 Å². The van der Waals surface area contributed by atoms with Crippen LogP contribution in [0, 0.1) is 0 Å². The maximum Gasteiger partial charge on any atom is 0.143 e. The molecule has 2 aromatic rings. The van der Waals surface area contributed by atoms with Crippen LogP contribution in [0.15, 0.2) is 42.6 Å². The smallest absolute Gasteiger partial charge is 0.143 e. The fourth-order valence-electron chi connectivity index (χ4n) is 1.91. The first-order valence-electron chi connectivity index (χ1n) is 5.53. The number of phenolic OH excluding ortho intramolecular Hbond substituents is 2. The van der Waals surface area contributed by atoms with Crippen LogP contribution < -0.4 is 0 Å². The largest absolute Gasteiger partial charge is 0.508 e. The van der Waals surface area contributed by atoms with E-state index in [1.807, 2.05) is 0 Å². The van der Waals surface area contributed by atoms with Gasteiger partial charge in [-0.05, 0) is 25.1 Å². The maximum atomic E-state index is 11.8. The summed E-state index contributed by atoms with van der Waals surface area (Å²) < 4.78 is 0. The minimum Gasteiger partial charge on any atom is -0.508 e. The van der Waals surface area contributed by atoms with Gasteiger partial charge < -0.3 is 10.2 Å². The Morgan fingerprint density at radius 2 is 2.00 bits per heavy atom. The van der Waals surface area contributed by atoms with E-state index in [1.54, 1.807) is 24.4 Å². The monoisotopic (exact) mass is 243 g/mol. The average Bonchev–Trinajstić information content (AvgIpc) is 2.33. The van der Waals surface area contributed by atoms with Crippen LogP contribution in [0.4, 0.5) is 0 Å². The number of aromatic nitrogens is 1. The molecule has 0 fully saturated rings. The molecule has 1 heterocycles. The predicted octanol–water partition coefficient (Wildman–Crippen LogP) is 2.21. The van der Waals surface area contributed by atoms with E-state index in [1.165, 1.54) is 25.1 Å². The first-order valence-corrected chi connectivity index (χ1v) is 5.53. The van der Waals surface area contributed by atoms with Crippen molar-refractivity contribution < 1.29 is 15.0 Å². The van der Waals surface area contributed by atoms with Gasteiger partial charge in [-0.1, -0.05) is 12.1 Å². The highest BCUT2D eigenvalue weighted by Crippen LogP contribution is 2.33. The Balaban J connectivity index is 2.52. The summed E-state index contributed by atoms with van der Waals surface area (Å²) in [6.45, 7) is 1.45. The Bertz CT molecular complexity index is 567. The molecule has 4 heteroatoms. The molecule has 1 aromatic heterocycles. The Kier molecular flexibility index (Phi) is 3.28. The van der Waals surface area contributed by atoms with Crippen LogP contribution in [0.2, 0.25) is 0 Å². The third-order valence-electron chi connectivity index (χ3n) is 2.72. The van der Waals surface area contributed by atoms with Crippen molar-refractivity contribution >= 4 is 5.78 Å². The highest BCUT2D eigenvalue weighted by atomic mass is 16.3. The quantitative estimate of drug-likeness (QED) is 0.867. The molecule has 1 aromatic carbocycles. The molecule has 0 bridgehead atoms. The fraction of sp³-hybridized carbons (Fsp3) is 0.143. The lowest BCUT2D eigenvalue weighted by atomic mass is 9.91. The Morgan fingerprint density at radius 1 is 1.22 bits per heavy atom. The van der Waals surface area contributed by atoms with E-state index in [0.717, 1.165) is 0 Å². The number of carbonyl (C=O) groups is 1. The lowest BCUT2D eigenvalue weighted by molar-refractivity contribution is -0.117. The first kappa shape index (κ1) is 12.1. The lowest BCUT2D eigenvalue weighted by Gasteiger charge is -2.15. The van der Waals surface area contributed by atoms with Crippen molar-refractivity contribution in [2.75, 3.05) is 0 Å². The van der Waals surface area contributed by atoms with Gasteiger partial charge in [0.1, 0.15) is 17.3 Å². The van der Waals surface area contributed by atoms with Gasteiger partial charge in [0.25, 0.3) is 0 Å². The number of hydrogen-bond donors (Lipinski definition) is 2. The Morgan fingerprint density at radius 3 is 2.56 bits per heavy atom. The second-order valence-electron chi connectivity index (χ2n) is 4.04. The zero-order chi connectivity index (χ0) is 13.1. The van der Waals surface area contributed by atoms with Gasteiger partial charge in [-0.25, -0.2) is 0 Å². The summed E-state index contributed by atoms with van der Waals surface area (Å²) in [6.07, 6.45) is 1.60. The molecule has 0 spiro atoms. The zero-order valence-electron chi connectivity index (χ0n) is 9.87. The number of Topliss-reactive ketones (excluding diaryl/α,β-unsaturated/α-hetero) is 1. The van der Waals surface area contributed by atoms with Crippen molar-refractivity contribution in [2.24, 2.45) is 0 Å². The number of carbonyl (C=O) groups excluding carboxylic acids is 1. The summed E-state index contributed by atoms with van der Waals surface area (Å²) in [5, 5.41) is 19.1. The topological polar surface area (TPSA) is 70.4 Å². The molecule has 0 saturated heterocycles. The molecule has 0 aliphatic rings. The highest BCUT2D eigenvalue weighted by molar-refractivity contribution is 5.87. The van der Waals surface area contributed by atoms with E-state index in [-0.39, 0.29) is 17.3 Å². The van der Waals surface area contributed by atoms with Crippen LogP contribution in [0.25, 0.3) is 0 Å². The number of hydrogen-bond acceptors (Lipinski definition) is 4. The summed E-state index contributed by atoms with van der Waals surface area (Å²) in [5.41, 5.74) is 1.02. The fourth-order valence-corrected chi connectivity index (χ4v) is 1.91. The molecule has 1 unspecified atom stereocenters. The number of nitrogens with zero attached hydrogens (tertiary/aromatic N) is 1. The summed E-state index contributed by atoms with van der Waals surface area (Å²) in [6, 6.07) is 9.47. The lowest BCUT2D eigenvalue weighted by Crippen LogP contribution is -2.12. The highest BCUT2D eigenvalue weighted by Gasteiger charge is 2.23. The Hall–Kier alpha value is -2.36.